The second kappa shape index (κ2) is 7.88. The fraction of sp³-hybridized carbons (Fsp3) is 0.632. The Labute approximate surface area is 145 Å². The van der Waals surface area contributed by atoms with Gasteiger partial charge in [-0.05, 0) is 64.7 Å². The zero-order valence-electron chi connectivity index (χ0n) is 15.4. The standard InChI is InChI=1S/C19H30N2O3/c1-13(10-14-6-8-17(23-5)9-7-14)20-15-11-16(12-15)21-18(22)24-19(2,3)4/h6-9,13,15-16,20H,10-12H2,1-5H3,(H,21,22). The molecule has 1 unspecified atom stereocenters. The van der Waals surface area contributed by atoms with Crippen LogP contribution in [0.25, 0.3) is 0 Å². The summed E-state index contributed by atoms with van der Waals surface area (Å²) in [5, 5.41) is 6.54. The highest BCUT2D eigenvalue weighted by Gasteiger charge is 2.32. The van der Waals surface area contributed by atoms with Gasteiger partial charge in [0.25, 0.3) is 0 Å². The molecule has 134 valence electrons. The number of ether oxygens (including phenoxy) is 2. The molecule has 1 fully saturated rings. The van der Waals surface area contributed by atoms with E-state index in [2.05, 4.69) is 29.7 Å². The summed E-state index contributed by atoms with van der Waals surface area (Å²) < 4.78 is 10.5. The van der Waals surface area contributed by atoms with Crippen molar-refractivity contribution >= 4 is 6.09 Å². The van der Waals surface area contributed by atoms with Crippen LogP contribution in [0.3, 0.4) is 0 Å². The Bertz CT molecular complexity index is 531. The molecule has 0 aliphatic heterocycles. The minimum Gasteiger partial charge on any atom is -0.497 e. The van der Waals surface area contributed by atoms with Crippen molar-refractivity contribution in [2.24, 2.45) is 0 Å². The lowest BCUT2D eigenvalue weighted by Crippen LogP contribution is -2.55. The molecule has 0 spiro atoms. The molecular weight excluding hydrogens is 304 g/mol. The quantitative estimate of drug-likeness (QED) is 0.838. The molecule has 1 atom stereocenters. The predicted molar refractivity (Wildman–Crippen MR) is 95.5 cm³/mol. The van der Waals surface area contributed by atoms with Crippen molar-refractivity contribution in [3.05, 3.63) is 29.8 Å². The molecule has 5 heteroatoms. The SMILES string of the molecule is COc1ccc(CC(C)NC2CC(NC(=O)OC(C)(C)C)C2)cc1. The molecule has 1 aliphatic carbocycles. The van der Waals surface area contributed by atoms with Gasteiger partial charge < -0.3 is 20.1 Å². The van der Waals surface area contributed by atoms with E-state index in [1.54, 1.807) is 7.11 Å². The van der Waals surface area contributed by atoms with Gasteiger partial charge in [0.1, 0.15) is 11.4 Å². The summed E-state index contributed by atoms with van der Waals surface area (Å²) in [6, 6.07) is 9.25. The summed E-state index contributed by atoms with van der Waals surface area (Å²) in [6.07, 6.45) is 2.56. The van der Waals surface area contributed by atoms with E-state index >= 15 is 0 Å². The summed E-state index contributed by atoms with van der Waals surface area (Å²) in [7, 11) is 1.68. The molecule has 0 bridgehead atoms. The Morgan fingerprint density at radius 2 is 1.83 bits per heavy atom. The first-order valence-corrected chi connectivity index (χ1v) is 8.63. The fourth-order valence-corrected chi connectivity index (χ4v) is 2.92. The third kappa shape index (κ3) is 6.04. The third-order valence-corrected chi connectivity index (χ3v) is 4.08. The van der Waals surface area contributed by atoms with Gasteiger partial charge in [-0.3, -0.25) is 0 Å². The number of hydrogen-bond acceptors (Lipinski definition) is 4. The van der Waals surface area contributed by atoms with E-state index in [0.717, 1.165) is 25.0 Å². The molecule has 1 aromatic carbocycles. The molecule has 0 saturated heterocycles. The van der Waals surface area contributed by atoms with Crippen LogP contribution in [0.4, 0.5) is 4.79 Å². The molecule has 2 N–H and O–H groups in total. The van der Waals surface area contributed by atoms with Crippen molar-refractivity contribution in [2.75, 3.05) is 7.11 Å². The monoisotopic (exact) mass is 334 g/mol. The molecule has 1 saturated carbocycles. The maximum atomic E-state index is 11.7. The highest BCUT2D eigenvalue weighted by Crippen LogP contribution is 2.22. The number of carbonyl (C=O) groups excluding carboxylic acids is 1. The minimum absolute atomic E-state index is 0.213. The second-order valence-electron chi connectivity index (χ2n) is 7.63. The Kier molecular flexibility index (Phi) is 6.10. The number of rotatable bonds is 6. The number of alkyl carbamates (subject to hydrolysis) is 1. The van der Waals surface area contributed by atoms with Crippen LogP contribution in [0.15, 0.2) is 24.3 Å². The maximum absolute atomic E-state index is 11.7. The smallest absolute Gasteiger partial charge is 0.407 e. The molecule has 0 radical (unpaired) electrons. The Morgan fingerprint density at radius 1 is 1.21 bits per heavy atom. The molecule has 1 aromatic rings. The summed E-state index contributed by atoms with van der Waals surface area (Å²) in [6.45, 7) is 7.81. The van der Waals surface area contributed by atoms with Crippen molar-refractivity contribution < 1.29 is 14.3 Å². The van der Waals surface area contributed by atoms with E-state index < -0.39 is 5.60 Å². The van der Waals surface area contributed by atoms with Crippen LogP contribution in [0.2, 0.25) is 0 Å². The zero-order valence-corrected chi connectivity index (χ0v) is 15.4. The van der Waals surface area contributed by atoms with E-state index in [1.807, 2.05) is 32.9 Å². The Morgan fingerprint density at radius 3 is 2.38 bits per heavy atom. The normalized spacial score (nSPS) is 21.5. The number of carbonyl (C=O) groups is 1. The van der Waals surface area contributed by atoms with Crippen molar-refractivity contribution in [1.82, 2.24) is 10.6 Å². The van der Waals surface area contributed by atoms with Gasteiger partial charge >= 0.3 is 6.09 Å². The van der Waals surface area contributed by atoms with E-state index in [4.69, 9.17) is 9.47 Å². The van der Waals surface area contributed by atoms with Gasteiger partial charge in [0, 0.05) is 18.1 Å². The van der Waals surface area contributed by atoms with Crippen LogP contribution in [0.5, 0.6) is 5.75 Å². The topological polar surface area (TPSA) is 59.6 Å². The lowest BCUT2D eigenvalue weighted by Gasteiger charge is -2.38. The number of methoxy groups -OCH3 is 1. The Balaban J connectivity index is 1.66. The zero-order chi connectivity index (χ0) is 17.7. The third-order valence-electron chi connectivity index (χ3n) is 4.08. The van der Waals surface area contributed by atoms with Gasteiger partial charge in [-0.15, -0.1) is 0 Å². The number of hydrogen-bond donors (Lipinski definition) is 2. The maximum Gasteiger partial charge on any atom is 0.407 e. The van der Waals surface area contributed by atoms with Crippen LogP contribution in [0.1, 0.15) is 46.1 Å². The average molecular weight is 334 g/mol. The molecular formula is C19H30N2O3. The van der Waals surface area contributed by atoms with E-state index in [-0.39, 0.29) is 12.1 Å². The number of nitrogens with one attached hydrogen (secondary N) is 2. The van der Waals surface area contributed by atoms with Gasteiger partial charge in [-0.1, -0.05) is 12.1 Å². The van der Waals surface area contributed by atoms with Crippen LogP contribution < -0.4 is 15.4 Å². The molecule has 0 aromatic heterocycles. The lowest BCUT2D eigenvalue weighted by atomic mass is 9.86. The molecule has 2 rings (SSSR count). The lowest BCUT2D eigenvalue weighted by molar-refractivity contribution is 0.0463. The van der Waals surface area contributed by atoms with Gasteiger partial charge in [-0.25, -0.2) is 4.79 Å². The first-order valence-electron chi connectivity index (χ1n) is 8.63. The van der Waals surface area contributed by atoms with Gasteiger partial charge in [-0.2, -0.15) is 0 Å². The minimum atomic E-state index is -0.446. The molecule has 1 aliphatic rings. The van der Waals surface area contributed by atoms with Crippen molar-refractivity contribution in [1.29, 1.82) is 0 Å². The number of amides is 1. The average Bonchev–Trinajstić information content (AvgIpc) is 2.43. The van der Waals surface area contributed by atoms with E-state index in [1.165, 1.54) is 5.56 Å². The largest absolute Gasteiger partial charge is 0.497 e. The summed E-state index contributed by atoms with van der Waals surface area (Å²) in [5.74, 6) is 0.884. The van der Waals surface area contributed by atoms with Crippen LogP contribution in [-0.2, 0) is 11.2 Å². The molecule has 0 heterocycles. The highest BCUT2D eigenvalue weighted by atomic mass is 16.6. The summed E-state index contributed by atoms with van der Waals surface area (Å²) in [5.41, 5.74) is 0.844. The van der Waals surface area contributed by atoms with Crippen molar-refractivity contribution in [3.63, 3.8) is 0 Å². The molecule has 5 nitrogen and oxygen atoms in total. The first kappa shape index (κ1) is 18.6. The molecule has 1 amide bonds. The number of benzene rings is 1. The van der Waals surface area contributed by atoms with Crippen LogP contribution in [0, 0.1) is 0 Å². The van der Waals surface area contributed by atoms with Crippen molar-refractivity contribution in [3.8, 4) is 5.75 Å². The van der Waals surface area contributed by atoms with Gasteiger partial charge in [0.2, 0.25) is 0 Å². The highest BCUT2D eigenvalue weighted by molar-refractivity contribution is 5.68. The predicted octanol–water partition coefficient (Wildman–Crippen LogP) is 3.27. The fourth-order valence-electron chi connectivity index (χ4n) is 2.92. The summed E-state index contributed by atoms with van der Waals surface area (Å²) >= 11 is 0. The van der Waals surface area contributed by atoms with Crippen LogP contribution >= 0.6 is 0 Å². The second-order valence-corrected chi connectivity index (χ2v) is 7.63. The summed E-state index contributed by atoms with van der Waals surface area (Å²) in [4.78, 5) is 11.7. The van der Waals surface area contributed by atoms with Crippen LogP contribution in [-0.4, -0.2) is 36.9 Å². The molecule has 24 heavy (non-hydrogen) atoms. The van der Waals surface area contributed by atoms with Crippen molar-refractivity contribution in [2.45, 2.75) is 70.7 Å². The van der Waals surface area contributed by atoms with Gasteiger partial charge in [0.15, 0.2) is 0 Å². The van der Waals surface area contributed by atoms with E-state index in [0.29, 0.717) is 12.1 Å². The first-order chi connectivity index (χ1) is 11.2. The van der Waals surface area contributed by atoms with Gasteiger partial charge in [0.05, 0.1) is 7.11 Å². The Hall–Kier alpha value is -1.75. The van der Waals surface area contributed by atoms with E-state index in [9.17, 15) is 4.79 Å².